The smallest absolute Gasteiger partial charge is 0.187 e. The van der Waals surface area contributed by atoms with Gasteiger partial charge in [-0.15, -0.1) is 23.1 Å². The summed E-state index contributed by atoms with van der Waals surface area (Å²) in [4.78, 5) is 5.58. The zero-order valence-corrected chi connectivity index (χ0v) is 12.1. The fraction of sp³-hybridized carbons (Fsp3) is 0.286. The van der Waals surface area contributed by atoms with Gasteiger partial charge in [0.1, 0.15) is 6.07 Å². The van der Waals surface area contributed by atoms with Crippen LogP contribution in [-0.2, 0) is 0 Å². The lowest BCUT2D eigenvalue weighted by Gasteiger charge is -2.07. The summed E-state index contributed by atoms with van der Waals surface area (Å²) >= 11 is 3.19. The Morgan fingerprint density at radius 2 is 2.32 bits per heavy atom. The van der Waals surface area contributed by atoms with Crippen molar-refractivity contribution >= 4 is 33.9 Å². The van der Waals surface area contributed by atoms with E-state index in [-0.39, 0.29) is 0 Å². The van der Waals surface area contributed by atoms with Crippen LogP contribution in [0.4, 0.5) is 10.8 Å². The first-order valence-corrected chi connectivity index (χ1v) is 8.22. The predicted octanol–water partition coefficient (Wildman–Crippen LogP) is 4.36. The van der Waals surface area contributed by atoms with Gasteiger partial charge in [-0.3, -0.25) is 0 Å². The molecule has 0 saturated heterocycles. The average molecular weight is 287 g/mol. The van der Waals surface area contributed by atoms with Crippen LogP contribution in [0.2, 0.25) is 0 Å². The first kappa shape index (κ1) is 12.5. The van der Waals surface area contributed by atoms with Gasteiger partial charge in [0.2, 0.25) is 0 Å². The Morgan fingerprint density at radius 1 is 1.47 bits per heavy atom. The minimum atomic E-state index is 0.666. The van der Waals surface area contributed by atoms with E-state index < -0.39 is 0 Å². The summed E-state index contributed by atoms with van der Waals surface area (Å²) in [7, 11) is 0. The largest absolute Gasteiger partial charge is 0.330 e. The monoisotopic (exact) mass is 287 g/mol. The van der Waals surface area contributed by atoms with Gasteiger partial charge in [0.25, 0.3) is 0 Å². The number of hydrogen-bond acceptors (Lipinski definition) is 5. The molecule has 5 heteroatoms. The lowest BCUT2D eigenvalue weighted by Crippen LogP contribution is -1.95. The quantitative estimate of drug-likeness (QED) is 0.849. The summed E-state index contributed by atoms with van der Waals surface area (Å²) < 4.78 is 0. The fourth-order valence-corrected chi connectivity index (χ4v) is 3.33. The minimum Gasteiger partial charge on any atom is -0.330 e. The number of benzene rings is 1. The van der Waals surface area contributed by atoms with Crippen LogP contribution in [0.15, 0.2) is 28.5 Å². The number of nitrogens with one attached hydrogen (secondary N) is 1. The molecular formula is C14H13N3S2. The summed E-state index contributed by atoms with van der Waals surface area (Å²) in [6.45, 7) is 0. The van der Waals surface area contributed by atoms with Gasteiger partial charge in [0.15, 0.2) is 5.13 Å². The van der Waals surface area contributed by atoms with Crippen molar-refractivity contribution < 1.29 is 0 Å². The standard InChI is InChI=1S/C14H13N3S2/c1-18-13-4-2-3-11(10(13)7-15)16-14-17-12(8-19-14)9-5-6-9/h2-4,8-9H,5-6H2,1H3,(H,16,17). The normalized spacial score (nSPS) is 14.1. The molecule has 0 amide bonds. The highest BCUT2D eigenvalue weighted by atomic mass is 32.2. The second kappa shape index (κ2) is 5.24. The fourth-order valence-electron chi connectivity index (χ4n) is 1.95. The van der Waals surface area contributed by atoms with Gasteiger partial charge in [-0.2, -0.15) is 5.26 Å². The van der Waals surface area contributed by atoms with E-state index in [1.165, 1.54) is 18.5 Å². The molecule has 1 heterocycles. The number of nitriles is 1. The number of aromatic nitrogens is 1. The van der Waals surface area contributed by atoms with E-state index in [1.54, 1.807) is 23.1 Å². The molecule has 0 aliphatic heterocycles. The van der Waals surface area contributed by atoms with Crippen LogP contribution in [0.3, 0.4) is 0 Å². The molecule has 1 aliphatic carbocycles. The molecule has 0 atom stereocenters. The van der Waals surface area contributed by atoms with Crippen molar-refractivity contribution in [3.05, 3.63) is 34.8 Å². The Bertz CT molecular complexity index is 638. The molecule has 1 fully saturated rings. The Hall–Kier alpha value is -1.51. The van der Waals surface area contributed by atoms with Gasteiger partial charge < -0.3 is 5.32 Å². The van der Waals surface area contributed by atoms with Gasteiger partial charge in [-0.05, 0) is 31.2 Å². The van der Waals surface area contributed by atoms with Gasteiger partial charge in [-0.1, -0.05) is 6.07 Å². The lowest BCUT2D eigenvalue weighted by atomic mass is 10.2. The number of rotatable bonds is 4. The van der Waals surface area contributed by atoms with E-state index in [0.717, 1.165) is 15.7 Å². The molecular weight excluding hydrogens is 274 g/mol. The van der Waals surface area contributed by atoms with Crippen molar-refractivity contribution in [3.63, 3.8) is 0 Å². The molecule has 0 spiro atoms. The lowest BCUT2D eigenvalue weighted by molar-refractivity contribution is 1.05. The number of thioether (sulfide) groups is 1. The highest BCUT2D eigenvalue weighted by molar-refractivity contribution is 7.98. The SMILES string of the molecule is CSc1cccc(Nc2nc(C3CC3)cs2)c1C#N. The van der Waals surface area contributed by atoms with Crippen LogP contribution >= 0.6 is 23.1 Å². The van der Waals surface area contributed by atoms with Gasteiger partial charge in [0.05, 0.1) is 16.9 Å². The third-order valence-corrected chi connectivity index (χ3v) is 4.67. The predicted molar refractivity (Wildman–Crippen MR) is 80.3 cm³/mol. The molecule has 2 aromatic rings. The summed E-state index contributed by atoms with van der Waals surface area (Å²) in [6.07, 6.45) is 4.50. The van der Waals surface area contributed by atoms with E-state index in [2.05, 4.69) is 21.8 Å². The van der Waals surface area contributed by atoms with E-state index in [4.69, 9.17) is 0 Å². The number of nitrogens with zero attached hydrogens (tertiary/aromatic N) is 2. The van der Waals surface area contributed by atoms with E-state index in [1.807, 2.05) is 24.5 Å². The molecule has 19 heavy (non-hydrogen) atoms. The third-order valence-electron chi connectivity index (χ3n) is 3.12. The highest BCUT2D eigenvalue weighted by Gasteiger charge is 2.26. The maximum absolute atomic E-state index is 9.29. The number of anilines is 2. The molecule has 0 bridgehead atoms. The Kier molecular flexibility index (Phi) is 3.45. The van der Waals surface area contributed by atoms with Crippen LogP contribution in [-0.4, -0.2) is 11.2 Å². The summed E-state index contributed by atoms with van der Waals surface area (Å²) in [5.74, 6) is 0.666. The van der Waals surface area contributed by atoms with Crippen LogP contribution in [0.5, 0.6) is 0 Å². The van der Waals surface area contributed by atoms with Gasteiger partial charge in [0, 0.05) is 16.2 Å². The molecule has 3 nitrogen and oxygen atoms in total. The van der Waals surface area contributed by atoms with Crippen LogP contribution < -0.4 is 5.32 Å². The van der Waals surface area contributed by atoms with Crippen molar-refractivity contribution in [1.82, 2.24) is 4.98 Å². The van der Waals surface area contributed by atoms with Crippen LogP contribution in [0.1, 0.15) is 30.0 Å². The van der Waals surface area contributed by atoms with Crippen molar-refractivity contribution in [2.75, 3.05) is 11.6 Å². The number of hydrogen-bond donors (Lipinski definition) is 1. The Morgan fingerprint density at radius 3 is 3.00 bits per heavy atom. The Labute approximate surface area is 120 Å². The number of thiazole rings is 1. The molecule has 1 aromatic heterocycles. The molecule has 0 unspecified atom stereocenters. The summed E-state index contributed by atoms with van der Waals surface area (Å²) in [5, 5.41) is 15.6. The van der Waals surface area contributed by atoms with E-state index in [9.17, 15) is 5.26 Å². The molecule has 96 valence electrons. The van der Waals surface area contributed by atoms with Crippen molar-refractivity contribution in [1.29, 1.82) is 5.26 Å². The van der Waals surface area contributed by atoms with Crippen LogP contribution in [0.25, 0.3) is 0 Å². The third kappa shape index (κ3) is 2.60. The molecule has 1 saturated carbocycles. The molecule has 1 aromatic carbocycles. The topological polar surface area (TPSA) is 48.7 Å². The first-order valence-electron chi connectivity index (χ1n) is 6.11. The molecule has 3 rings (SSSR count). The summed E-state index contributed by atoms with van der Waals surface area (Å²) in [6, 6.07) is 8.12. The Balaban J connectivity index is 1.87. The van der Waals surface area contributed by atoms with Gasteiger partial charge >= 0.3 is 0 Å². The molecule has 1 aliphatic rings. The maximum atomic E-state index is 9.29. The summed E-state index contributed by atoms with van der Waals surface area (Å²) in [5.41, 5.74) is 2.72. The first-order chi connectivity index (χ1) is 9.31. The second-order valence-electron chi connectivity index (χ2n) is 4.47. The molecule has 0 radical (unpaired) electrons. The zero-order chi connectivity index (χ0) is 13.2. The maximum Gasteiger partial charge on any atom is 0.187 e. The van der Waals surface area contributed by atoms with Crippen molar-refractivity contribution in [3.8, 4) is 6.07 Å². The van der Waals surface area contributed by atoms with Crippen molar-refractivity contribution in [2.45, 2.75) is 23.7 Å². The highest BCUT2D eigenvalue weighted by Crippen LogP contribution is 2.41. The average Bonchev–Trinajstić information content (AvgIpc) is 3.19. The van der Waals surface area contributed by atoms with E-state index in [0.29, 0.717) is 11.5 Å². The minimum absolute atomic E-state index is 0.666. The zero-order valence-electron chi connectivity index (χ0n) is 10.5. The molecule has 1 N–H and O–H groups in total. The van der Waals surface area contributed by atoms with E-state index >= 15 is 0 Å². The second-order valence-corrected chi connectivity index (χ2v) is 6.18. The van der Waals surface area contributed by atoms with Crippen molar-refractivity contribution in [2.24, 2.45) is 0 Å². The van der Waals surface area contributed by atoms with Crippen LogP contribution in [0, 0.1) is 11.3 Å². The van der Waals surface area contributed by atoms with Gasteiger partial charge in [-0.25, -0.2) is 4.98 Å².